The van der Waals surface area contributed by atoms with Gasteiger partial charge in [0.25, 0.3) is 0 Å². The summed E-state index contributed by atoms with van der Waals surface area (Å²) in [6.07, 6.45) is 1.45. The summed E-state index contributed by atoms with van der Waals surface area (Å²) in [7, 11) is 0. The minimum Gasteiger partial charge on any atom is -0.466 e. The lowest BCUT2D eigenvalue weighted by molar-refractivity contribution is -0.121. The van der Waals surface area contributed by atoms with Crippen LogP contribution in [0.5, 0.6) is 0 Å². The first kappa shape index (κ1) is 17.0. The van der Waals surface area contributed by atoms with Crippen molar-refractivity contribution in [2.45, 2.75) is 33.1 Å². The first-order valence-corrected chi connectivity index (χ1v) is 8.33. The number of aromatic nitrogens is 2. The van der Waals surface area contributed by atoms with Gasteiger partial charge in [0.1, 0.15) is 17.3 Å². The Morgan fingerprint density at radius 2 is 2.04 bits per heavy atom. The number of hydrogen-bond acceptors (Lipinski definition) is 4. The number of aryl methyl sites for hydroxylation is 2. The van der Waals surface area contributed by atoms with Crippen LogP contribution < -0.4 is 5.32 Å². The van der Waals surface area contributed by atoms with Crippen molar-refractivity contribution in [1.82, 2.24) is 15.3 Å². The van der Waals surface area contributed by atoms with E-state index in [9.17, 15) is 9.59 Å². The standard InChI is InChI=1S/C19H21N3O3/c1-12(23)15-11-14(25-13(15)2)7-8-19(24)20-10-9-18-21-16-5-3-4-6-17(16)22-18/h3-6,11H,7-10H2,1-2H3,(H,20,24)(H,21,22). The predicted molar refractivity (Wildman–Crippen MR) is 94.6 cm³/mol. The van der Waals surface area contributed by atoms with Crippen molar-refractivity contribution in [3.05, 3.63) is 53.2 Å². The topological polar surface area (TPSA) is 88.0 Å². The Balaban J connectivity index is 1.45. The number of furan rings is 1. The van der Waals surface area contributed by atoms with Crippen LogP contribution in [0.4, 0.5) is 0 Å². The first-order valence-electron chi connectivity index (χ1n) is 8.33. The Kier molecular flexibility index (Phi) is 4.97. The van der Waals surface area contributed by atoms with E-state index in [1.54, 1.807) is 13.0 Å². The monoisotopic (exact) mass is 339 g/mol. The third kappa shape index (κ3) is 4.15. The molecule has 0 unspecified atom stereocenters. The van der Waals surface area contributed by atoms with Crippen LogP contribution >= 0.6 is 0 Å². The molecule has 0 aliphatic heterocycles. The number of hydrogen-bond donors (Lipinski definition) is 2. The third-order valence-corrected chi connectivity index (χ3v) is 4.07. The van der Waals surface area contributed by atoms with Crippen molar-refractivity contribution < 1.29 is 14.0 Å². The number of imidazole rings is 1. The summed E-state index contributed by atoms with van der Waals surface area (Å²) in [6, 6.07) is 9.56. The van der Waals surface area contributed by atoms with Crippen LogP contribution in [-0.2, 0) is 17.6 Å². The third-order valence-electron chi connectivity index (χ3n) is 4.07. The SMILES string of the molecule is CC(=O)c1cc(CCC(=O)NCCc2nc3ccccc3[nH]2)oc1C. The Hall–Kier alpha value is -2.89. The van der Waals surface area contributed by atoms with Crippen LogP contribution in [-0.4, -0.2) is 28.2 Å². The van der Waals surface area contributed by atoms with Gasteiger partial charge in [0.15, 0.2) is 5.78 Å². The van der Waals surface area contributed by atoms with Gasteiger partial charge in [0.2, 0.25) is 5.91 Å². The summed E-state index contributed by atoms with van der Waals surface area (Å²) in [5.74, 6) is 2.05. The van der Waals surface area contributed by atoms with E-state index < -0.39 is 0 Å². The zero-order valence-electron chi connectivity index (χ0n) is 14.4. The number of benzene rings is 1. The summed E-state index contributed by atoms with van der Waals surface area (Å²) in [4.78, 5) is 31.1. The van der Waals surface area contributed by atoms with Gasteiger partial charge in [-0.2, -0.15) is 0 Å². The van der Waals surface area contributed by atoms with Gasteiger partial charge < -0.3 is 14.7 Å². The van der Waals surface area contributed by atoms with Crippen LogP contribution in [0.15, 0.2) is 34.7 Å². The van der Waals surface area contributed by atoms with Crippen molar-refractivity contribution in [2.75, 3.05) is 6.54 Å². The van der Waals surface area contributed by atoms with Crippen LogP contribution in [0.2, 0.25) is 0 Å². The molecule has 0 saturated carbocycles. The average molecular weight is 339 g/mol. The molecule has 6 heteroatoms. The van der Waals surface area contributed by atoms with E-state index in [-0.39, 0.29) is 11.7 Å². The van der Waals surface area contributed by atoms with Gasteiger partial charge in [0, 0.05) is 25.8 Å². The fourth-order valence-electron chi connectivity index (χ4n) is 2.79. The van der Waals surface area contributed by atoms with E-state index in [1.165, 1.54) is 6.92 Å². The maximum Gasteiger partial charge on any atom is 0.220 e. The Morgan fingerprint density at radius 1 is 1.24 bits per heavy atom. The minimum absolute atomic E-state index is 0.0252. The second-order valence-electron chi connectivity index (χ2n) is 6.04. The summed E-state index contributed by atoms with van der Waals surface area (Å²) in [5.41, 5.74) is 2.51. The van der Waals surface area contributed by atoms with E-state index in [0.717, 1.165) is 16.9 Å². The highest BCUT2D eigenvalue weighted by Crippen LogP contribution is 2.16. The Bertz CT molecular complexity index is 875. The number of nitrogens with one attached hydrogen (secondary N) is 2. The number of fused-ring (bicyclic) bond motifs is 1. The van der Waals surface area contributed by atoms with E-state index in [4.69, 9.17) is 4.42 Å². The van der Waals surface area contributed by atoms with Gasteiger partial charge in [-0.1, -0.05) is 12.1 Å². The van der Waals surface area contributed by atoms with E-state index in [0.29, 0.717) is 42.9 Å². The minimum atomic E-state index is -0.0467. The maximum absolute atomic E-state index is 12.0. The summed E-state index contributed by atoms with van der Waals surface area (Å²) in [6.45, 7) is 3.79. The van der Waals surface area contributed by atoms with Gasteiger partial charge in [-0.25, -0.2) is 4.98 Å². The van der Waals surface area contributed by atoms with Crippen molar-refractivity contribution in [1.29, 1.82) is 0 Å². The van der Waals surface area contributed by atoms with E-state index >= 15 is 0 Å². The lowest BCUT2D eigenvalue weighted by Crippen LogP contribution is -2.26. The van der Waals surface area contributed by atoms with Gasteiger partial charge in [-0.3, -0.25) is 9.59 Å². The molecule has 130 valence electrons. The second-order valence-corrected chi connectivity index (χ2v) is 6.04. The largest absolute Gasteiger partial charge is 0.466 e. The van der Waals surface area contributed by atoms with Gasteiger partial charge in [-0.15, -0.1) is 0 Å². The van der Waals surface area contributed by atoms with Crippen LogP contribution in [0.3, 0.4) is 0 Å². The van der Waals surface area contributed by atoms with Gasteiger partial charge in [-0.05, 0) is 32.0 Å². The lowest BCUT2D eigenvalue weighted by Gasteiger charge is -2.03. The molecule has 2 heterocycles. The molecule has 0 atom stereocenters. The number of nitrogens with zero attached hydrogens (tertiary/aromatic N) is 1. The number of carbonyl (C=O) groups is 2. The van der Waals surface area contributed by atoms with Gasteiger partial charge in [0.05, 0.1) is 16.6 Å². The zero-order valence-corrected chi connectivity index (χ0v) is 14.4. The number of ketones is 1. The molecular formula is C19H21N3O3. The molecule has 1 amide bonds. The Morgan fingerprint density at radius 3 is 2.76 bits per heavy atom. The number of carbonyl (C=O) groups excluding carboxylic acids is 2. The number of Topliss-reactive ketones (excluding diaryl/α,β-unsaturated/α-hetero) is 1. The molecule has 0 fully saturated rings. The molecule has 2 N–H and O–H groups in total. The van der Waals surface area contributed by atoms with Crippen molar-refractivity contribution in [3.63, 3.8) is 0 Å². The Labute approximate surface area is 145 Å². The molecule has 0 aliphatic carbocycles. The molecule has 0 spiro atoms. The van der Waals surface area contributed by atoms with Crippen molar-refractivity contribution in [2.24, 2.45) is 0 Å². The molecule has 25 heavy (non-hydrogen) atoms. The van der Waals surface area contributed by atoms with Crippen LogP contribution in [0.1, 0.15) is 41.0 Å². The number of para-hydroxylation sites is 2. The fraction of sp³-hybridized carbons (Fsp3) is 0.316. The zero-order chi connectivity index (χ0) is 17.8. The normalized spacial score (nSPS) is 11.0. The van der Waals surface area contributed by atoms with Crippen LogP contribution in [0, 0.1) is 6.92 Å². The fourth-order valence-corrected chi connectivity index (χ4v) is 2.79. The highest BCUT2D eigenvalue weighted by molar-refractivity contribution is 5.95. The maximum atomic E-state index is 12.0. The summed E-state index contributed by atoms with van der Waals surface area (Å²) >= 11 is 0. The van der Waals surface area contributed by atoms with Crippen LogP contribution in [0.25, 0.3) is 11.0 Å². The molecular weight excluding hydrogens is 318 g/mol. The first-order chi connectivity index (χ1) is 12.0. The molecule has 2 aromatic heterocycles. The number of H-pyrrole nitrogens is 1. The van der Waals surface area contributed by atoms with Crippen molar-refractivity contribution in [3.8, 4) is 0 Å². The summed E-state index contributed by atoms with van der Waals surface area (Å²) in [5, 5.41) is 2.88. The molecule has 0 bridgehead atoms. The summed E-state index contributed by atoms with van der Waals surface area (Å²) < 4.78 is 5.52. The quantitative estimate of drug-likeness (QED) is 0.648. The van der Waals surface area contributed by atoms with Gasteiger partial charge >= 0.3 is 0 Å². The molecule has 0 radical (unpaired) electrons. The number of rotatable bonds is 7. The number of amides is 1. The molecule has 0 aliphatic rings. The highest BCUT2D eigenvalue weighted by atomic mass is 16.3. The predicted octanol–water partition coefficient (Wildman–Crippen LogP) is 2.96. The molecule has 3 rings (SSSR count). The molecule has 6 nitrogen and oxygen atoms in total. The van der Waals surface area contributed by atoms with E-state index in [2.05, 4.69) is 15.3 Å². The molecule has 1 aromatic carbocycles. The lowest BCUT2D eigenvalue weighted by atomic mass is 10.1. The molecule has 0 saturated heterocycles. The second kappa shape index (κ2) is 7.34. The van der Waals surface area contributed by atoms with Crippen molar-refractivity contribution >= 4 is 22.7 Å². The number of aromatic amines is 1. The average Bonchev–Trinajstić information content (AvgIpc) is 3.15. The smallest absolute Gasteiger partial charge is 0.220 e. The highest BCUT2D eigenvalue weighted by Gasteiger charge is 2.12. The molecule has 3 aromatic rings. The van der Waals surface area contributed by atoms with E-state index in [1.807, 2.05) is 24.3 Å².